The van der Waals surface area contributed by atoms with Crippen molar-refractivity contribution >= 4 is 17.9 Å². The number of hydrogen-bond donors (Lipinski definition) is 1. The van der Waals surface area contributed by atoms with E-state index in [1.54, 1.807) is 4.90 Å². The van der Waals surface area contributed by atoms with Crippen LogP contribution >= 0.6 is 0 Å². The van der Waals surface area contributed by atoms with Gasteiger partial charge in [-0.15, -0.1) is 0 Å². The molecule has 2 fully saturated rings. The molecule has 2 aliphatic rings. The summed E-state index contributed by atoms with van der Waals surface area (Å²) in [6.07, 6.45) is 4.47. The lowest BCUT2D eigenvalue weighted by molar-refractivity contribution is 0.0661. The first-order valence-electron chi connectivity index (χ1n) is 13.5. The van der Waals surface area contributed by atoms with Gasteiger partial charge in [0.05, 0.1) is 5.56 Å². The Labute approximate surface area is 230 Å². The van der Waals surface area contributed by atoms with Crippen LogP contribution in [-0.2, 0) is 0 Å². The fourth-order valence-corrected chi connectivity index (χ4v) is 5.43. The van der Waals surface area contributed by atoms with Crippen molar-refractivity contribution in [3.05, 3.63) is 58.9 Å². The van der Waals surface area contributed by atoms with Crippen LogP contribution in [0.4, 0.5) is 25.1 Å². The lowest BCUT2D eigenvalue weighted by Crippen LogP contribution is -2.47. The minimum atomic E-state index is -1.24. The molecular formula is C27H33F3N8O2. The van der Waals surface area contributed by atoms with Crippen LogP contribution in [0, 0.1) is 17.5 Å². The van der Waals surface area contributed by atoms with Crippen LogP contribution in [-0.4, -0.2) is 75.7 Å². The van der Waals surface area contributed by atoms with Gasteiger partial charge in [0.15, 0.2) is 17.5 Å². The number of anilines is 2. The highest BCUT2D eigenvalue weighted by atomic mass is 19.2. The number of nitrogens with zero attached hydrogens (tertiary/aromatic N) is 7. The molecule has 10 nitrogen and oxygen atoms in total. The van der Waals surface area contributed by atoms with Gasteiger partial charge in [0.1, 0.15) is 5.82 Å². The van der Waals surface area contributed by atoms with E-state index in [2.05, 4.69) is 20.1 Å². The number of amides is 1. The molecule has 0 bridgehead atoms. The Morgan fingerprint density at radius 1 is 1.07 bits per heavy atom. The number of piperidine rings is 1. The van der Waals surface area contributed by atoms with E-state index < -0.39 is 29.4 Å². The largest absolute Gasteiger partial charge is 0.339 e. The van der Waals surface area contributed by atoms with Gasteiger partial charge >= 0.3 is 6.01 Å². The molecule has 1 amide bonds. The number of hydrogen-bond acceptors (Lipinski definition) is 9. The van der Waals surface area contributed by atoms with Crippen molar-refractivity contribution in [2.75, 3.05) is 42.5 Å². The second-order valence-electron chi connectivity index (χ2n) is 10.6. The highest BCUT2D eigenvalue weighted by Gasteiger charge is 2.35. The maximum atomic E-state index is 14.4. The van der Waals surface area contributed by atoms with E-state index in [1.807, 2.05) is 30.6 Å². The molecule has 2 saturated heterocycles. The van der Waals surface area contributed by atoms with Gasteiger partial charge in [-0.2, -0.15) is 4.98 Å². The minimum Gasteiger partial charge on any atom is -0.339 e. The molecule has 13 heteroatoms. The quantitative estimate of drug-likeness (QED) is 0.435. The van der Waals surface area contributed by atoms with Gasteiger partial charge < -0.3 is 25.0 Å². The van der Waals surface area contributed by atoms with Crippen molar-refractivity contribution in [2.24, 2.45) is 5.73 Å². The number of aromatic nitrogens is 4. The molecule has 2 aliphatic heterocycles. The summed E-state index contributed by atoms with van der Waals surface area (Å²) in [4.78, 5) is 32.2. The second kappa shape index (κ2) is 11.4. The second-order valence-corrected chi connectivity index (χ2v) is 10.6. The summed E-state index contributed by atoms with van der Waals surface area (Å²) in [5.41, 5.74) is 6.60. The van der Waals surface area contributed by atoms with Crippen molar-refractivity contribution in [1.29, 1.82) is 0 Å². The van der Waals surface area contributed by atoms with Crippen LogP contribution in [0.3, 0.4) is 0 Å². The zero-order valence-corrected chi connectivity index (χ0v) is 22.7. The van der Waals surface area contributed by atoms with Crippen molar-refractivity contribution in [2.45, 2.75) is 57.5 Å². The molecule has 40 heavy (non-hydrogen) atoms. The number of carbonyl (C=O) groups excluding carboxylic acids is 1. The predicted molar refractivity (Wildman–Crippen MR) is 142 cm³/mol. The molecule has 4 heterocycles. The molecule has 2 aromatic heterocycles. The van der Waals surface area contributed by atoms with E-state index in [0.717, 1.165) is 18.9 Å². The highest BCUT2D eigenvalue weighted by Crippen LogP contribution is 2.31. The lowest BCUT2D eigenvalue weighted by atomic mass is 9.94. The van der Waals surface area contributed by atoms with E-state index in [4.69, 9.17) is 10.3 Å². The number of halogens is 3. The third-order valence-electron chi connectivity index (χ3n) is 7.70. The van der Waals surface area contributed by atoms with Crippen LogP contribution in [0.25, 0.3) is 0 Å². The first-order valence-corrected chi connectivity index (χ1v) is 13.5. The van der Waals surface area contributed by atoms with Crippen LogP contribution in [0.1, 0.15) is 67.2 Å². The Bertz CT molecular complexity index is 1340. The topological polar surface area (TPSA) is 118 Å². The van der Waals surface area contributed by atoms with E-state index >= 15 is 0 Å². The summed E-state index contributed by atoms with van der Waals surface area (Å²) in [7, 11) is 0. The molecular weight excluding hydrogens is 525 g/mol. The monoisotopic (exact) mass is 558 g/mol. The number of rotatable bonds is 7. The summed E-state index contributed by atoms with van der Waals surface area (Å²) < 4.78 is 46.9. The van der Waals surface area contributed by atoms with Gasteiger partial charge in [-0.05, 0) is 31.4 Å². The van der Waals surface area contributed by atoms with Gasteiger partial charge in [-0.1, -0.05) is 19.0 Å². The molecule has 1 unspecified atom stereocenters. The molecule has 0 saturated carbocycles. The van der Waals surface area contributed by atoms with Gasteiger partial charge in [0.2, 0.25) is 5.95 Å². The van der Waals surface area contributed by atoms with Gasteiger partial charge in [0.25, 0.3) is 5.91 Å². The summed E-state index contributed by atoms with van der Waals surface area (Å²) in [5, 5.41) is 4.04. The molecule has 214 valence electrons. The van der Waals surface area contributed by atoms with Crippen molar-refractivity contribution in [3.63, 3.8) is 0 Å². The fourth-order valence-electron chi connectivity index (χ4n) is 5.43. The zero-order chi connectivity index (χ0) is 28.6. The standard InChI is InChI=1S/C27H33F3N8O2/c1-4-38(17-5-7-36(8-6-17)27-34-24(15(2)3)35-40-27)25(39)16-11-32-26(33-12-16)37-13-19(23(31)14-37)18-9-21(29)22(30)10-20(18)28/h9-12,15,17,19,23H,4-8,13-14,31H2,1-3H3/t19-,23?/m1/s1. The lowest BCUT2D eigenvalue weighted by Gasteiger charge is -2.37. The van der Waals surface area contributed by atoms with Crippen molar-refractivity contribution in [3.8, 4) is 0 Å². The average molecular weight is 559 g/mol. The van der Waals surface area contributed by atoms with Crippen molar-refractivity contribution < 1.29 is 22.5 Å². The molecule has 5 rings (SSSR count). The average Bonchev–Trinajstić information content (AvgIpc) is 3.59. The molecule has 0 radical (unpaired) electrons. The van der Waals surface area contributed by atoms with Crippen LogP contribution in [0.5, 0.6) is 0 Å². The molecule has 0 spiro atoms. The molecule has 2 N–H and O–H groups in total. The van der Waals surface area contributed by atoms with Crippen molar-refractivity contribution in [1.82, 2.24) is 25.0 Å². The zero-order valence-electron chi connectivity index (χ0n) is 22.7. The normalized spacial score (nSPS) is 20.0. The van der Waals surface area contributed by atoms with Gasteiger partial charge in [-0.3, -0.25) is 4.79 Å². The number of carbonyl (C=O) groups is 1. The Kier molecular flexibility index (Phi) is 7.92. The minimum absolute atomic E-state index is 0.0183. The van der Waals surface area contributed by atoms with Crippen LogP contribution in [0.15, 0.2) is 29.0 Å². The van der Waals surface area contributed by atoms with E-state index in [1.165, 1.54) is 12.4 Å². The number of nitrogens with two attached hydrogens (primary N) is 1. The third-order valence-corrected chi connectivity index (χ3v) is 7.70. The third kappa shape index (κ3) is 5.47. The predicted octanol–water partition coefficient (Wildman–Crippen LogP) is 3.46. The Morgan fingerprint density at radius 2 is 1.75 bits per heavy atom. The first-order chi connectivity index (χ1) is 19.2. The summed E-state index contributed by atoms with van der Waals surface area (Å²) >= 11 is 0. The SMILES string of the molecule is CCN(C(=O)c1cnc(N2CC(N)[C@@H](c3cc(F)c(F)cc3F)C2)nc1)C1CCN(c2nc(C(C)C)no2)CC1. The van der Waals surface area contributed by atoms with Gasteiger partial charge in [-0.25, -0.2) is 23.1 Å². The first kappa shape index (κ1) is 27.8. The van der Waals surface area contributed by atoms with Crippen LogP contribution in [0.2, 0.25) is 0 Å². The van der Waals surface area contributed by atoms with Crippen LogP contribution < -0.4 is 15.5 Å². The smallest absolute Gasteiger partial charge is 0.324 e. The van der Waals surface area contributed by atoms with Gasteiger partial charge in [0, 0.05) is 75.1 Å². The van der Waals surface area contributed by atoms with E-state index in [0.29, 0.717) is 55.6 Å². The molecule has 3 aromatic rings. The Morgan fingerprint density at radius 3 is 2.38 bits per heavy atom. The summed E-state index contributed by atoms with van der Waals surface area (Å²) in [6, 6.07) is 1.42. The van der Waals surface area contributed by atoms with E-state index in [-0.39, 0.29) is 30.0 Å². The fraction of sp³-hybridized carbons (Fsp3) is 0.519. The van der Waals surface area contributed by atoms with E-state index in [9.17, 15) is 18.0 Å². The maximum Gasteiger partial charge on any atom is 0.324 e. The summed E-state index contributed by atoms with van der Waals surface area (Å²) in [6.45, 7) is 8.41. The Balaban J connectivity index is 1.21. The Hall–Kier alpha value is -3.74. The molecule has 2 atom stereocenters. The maximum absolute atomic E-state index is 14.4. The highest BCUT2D eigenvalue weighted by molar-refractivity contribution is 5.94. The number of benzene rings is 1. The molecule has 1 aromatic carbocycles. The molecule has 0 aliphatic carbocycles. The summed E-state index contributed by atoms with van der Waals surface area (Å²) in [5.74, 6) is -2.75.